The van der Waals surface area contributed by atoms with Crippen molar-refractivity contribution in [2.45, 2.75) is 0 Å². The highest BCUT2D eigenvalue weighted by Crippen LogP contribution is 2.37. The molecule has 3 rings (SSSR count). The quantitative estimate of drug-likeness (QED) is 0.587. The van der Waals surface area contributed by atoms with Gasteiger partial charge in [0.1, 0.15) is 5.75 Å². The summed E-state index contributed by atoms with van der Waals surface area (Å²) in [6.07, 6.45) is 0.998. The Morgan fingerprint density at radius 3 is 2.07 bits per heavy atom. The summed E-state index contributed by atoms with van der Waals surface area (Å²) in [5.74, 6) is -0.498. The van der Waals surface area contributed by atoms with Gasteiger partial charge < -0.3 is 10.4 Å². The minimum absolute atomic E-state index is 0.0824. The molecule has 0 bridgehead atoms. The zero-order valence-electron chi connectivity index (χ0n) is 14.5. The summed E-state index contributed by atoms with van der Waals surface area (Å²) < 4.78 is 25.7. The number of carbonyl (C=O) groups excluding carboxylic acids is 1. The van der Waals surface area contributed by atoms with Gasteiger partial charge in [0.05, 0.1) is 17.6 Å². The molecule has 3 aromatic rings. The van der Waals surface area contributed by atoms with E-state index in [4.69, 9.17) is 0 Å². The second-order valence-electron chi connectivity index (χ2n) is 5.98. The molecule has 0 aromatic heterocycles. The fraction of sp³-hybridized carbons (Fsp3) is 0.0500. The van der Waals surface area contributed by atoms with E-state index in [9.17, 15) is 18.3 Å². The van der Waals surface area contributed by atoms with Crippen LogP contribution in [0.1, 0.15) is 10.4 Å². The third-order valence-electron chi connectivity index (χ3n) is 3.80. The monoisotopic (exact) mass is 382 g/mol. The van der Waals surface area contributed by atoms with Crippen LogP contribution in [-0.4, -0.2) is 25.7 Å². The summed E-state index contributed by atoms with van der Waals surface area (Å²) in [6, 6.07) is 20.5. The molecule has 7 heteroatoms. The molecule has 27 heavy (non-hydrogen) atoms. The second-order valence-corrected chi connectivity index (χ2v) is 7.72. The van der Waals surface area contributed by atoms with Crippen molar-refractivity contribution in [2.24, 2.45) is 0 Å². The van der Waals surface area contributed by atoms with E-state index in [0.717, 1.165) is 11.8 Å². The minimum Gasteiger partial charge on any atom is -0.507 e. The zero-order valence-corrected chi connectivity index (χ0v) is 15.3. The first-order valence-electron chi connectivity index (χ1n) is 8.10. The van der Waals surface area contributed by atoms with Crippen molar-refractivity contribution in [3.63, 3.8) is 0 Å². The number of nitrogens with one attached hydrogen (secondary N) is 2. The molecule has 3 aromatic carbocycles. The number of amides is 1. The standard InChI is InChI=1S/C20H18N2O4S/c1-27(25,26)22-18-13-19(23)16(14-8-4-2-5-9-14)12-17(18)21-20(24)15-10-6-3-7-11-15/h2-13,22-23H,1H3,(H,21,24). The Hall–Kier alpha value is -3.32. The normalized spacial score (nSPS) is 11.0. The van der Waals surface area contributed by atoms with Crippen molar-refractivity contribution in [3.8, 4) is 16.9 Å². The molecule has 0 heterocycles. The Labute approximate surface area is 157 Å². The highest BCUT2D eigenvalue weighted by atomic mass is 32.2. The van der Waals surface area contributed by atoms with Crippen molar-refractivity contribution >= 4 is 27.3 Å². The van der Waals surface area contributed by atoms with Gasteiger partial charge in [-0.1, -0.05) is 48.5 Å². The molecule has 3 N–H and O–H groups in total. The Morgan fingerprint density at radius 1 is 0.889 bits per heavy atom. The molecule has 0 aliphatic heterocycles. The van der Waals surface area contributed by atoms with Gasteiger partial charge in [0.25, 0.3) is 5.91 Å². The van der Waals surface area contributed by atoms with E-state index >= 15 is 0 Å². The summed E-state index contributed by atoms with van der Waals surface area (Å²) in [5.41, 5.74) is 1.95. The summed E-state index contributed by atoms with van der Waals surface area (Å²) in [6.45, 7) is 0. The van der Waals surface area contributed by atoms with Gasteiger partial charge in [0.2, 0.25) is 10.0 Å². The first-order chi connectivity index (χ1) is 12.8. The van der Waals surface area contributed by atoms with Crippen LogP contribution in [-0.2, 0) is 10.0 Å². The minimum atomic E-state index is -3.61. The number of sulfonamides is 1. The van der Waals surface area contributed by atoms with Gasteiger partial charge in [-0.3, -0.25) is 9.52 Å². The molecule has 0 aliphatic carbocycles. The van der Waals surface area contributed by atoms with Crippen LogP contribution in [0.4, 0.5) is 11.4 Å². The maximum atomic E-state index is 12.5. The number of hydrogen-bond donors (Lipinski definition) is 3. The fourth-order valence-electron chi connectivity index (χ4n) is 2.61. The maximum absolute atomic E-state index is 12.5. The molecule has 1 amide bonds. The lowest BCUT2D eigenvalue weighted by molar-refractivity contribution is 0.102. The van der Waals surface area contributed by atoms with Crippen LogP contribution in [0.25, 0.3) is 11.1 Å². The molecule has 0 radical (unpaired) electrons. The summed E-state index contributed by atoms with van der Waals surface area (Å²) >= 11 is 0. The van der Waals surface area contributed by atoms with Gasteiger partial charge in [-0.25, -0.2) is 8.42 Å². The number of anilines is 2. The van der Waals surface area contributed by atoms with Gasteiger partial charge in [-0.15, -0.1) is 0 Å². The lowest BCUT2D eigenvalue weighted by atomic mass is 10.0. The average molecular weight is 382 g/mol. The Bertz CT molecular complexity index is 1070. The zero-order chi connectivity index (χ0) is 19.4. The summed E-state index contributed by atoms with van der Waals surface area (Å²) in [7, 11) is -3.61. The molecule has 0 atom stereocenters. The van der Waals surface area contributed by atoms with Crippen molar-refractivity contribution in [3.05, 3.63) is 78.4 Å². The number of hydrogen-bond acceptors (Lipinski definition) is 4. The molecule has 0 unspecified atom stereocenters. The molecule has 6 nitrogen and oxygen atoms in total. The lowest BCUT2D eigenvalue weighted by Crippen LogP contribution is -2.16. The van der Waals surface area contributed by atoms with Gasteiger partial charge in [0.15, 0.2) is 0 Å². The SMILES string of the molecule is CS(=O)(=O)Nc1cc(O)c(-c2ccccc2)cc1NC(=O)c1ccccc1. The third kappa shape index (κ3) is 4.65. The smallest absolute Gasteiger partial charge is 0.255 e. The second kappa shape index (κ2) is 7.51. The van der Waals surface area contributed by atoms with Crippen molar-refractivity contribution in [1.29, 1.82) is 0 Å². The van der Waals surface area contributed by atoms with Crippen LogP contribution in [0.3, 0.4) is 0 Å². The van der Waals surface area contributed by atoms with Gasteiger partial charge in [0, 0.05) is 17.2 Å². The number of phenolic OH excluding ortho intramolecular Hbond substituents is 1. The van der Waals surface area contributed by atoms with Crippen LogP contribution in [0.15, 0.2) is 72.8 Å². The van der Waals surface area contributed by atoms with E-state index in [2.05, 4.69) is 10.0 Å². The first kappa shape index (κ1) is 18.5. The Balaban J connectivity index is 2.06. The van der Waals surface area contributed by atoms with Crippen molar-refractivity contribution in [2.75, 3.05) is 16.3 Å². The maximum Gasteiger partial charge on any atom is 0.255 e. The Morgan fingerprint density at radius 2 is 1.48 bits per heavy atom. The van der Waals surface area contributed by atoms with E-state index in [1.807, 2.05) is 30.3 Å². The topological polar surface area (TPSA) is 95.5 Å². The Kier molecular flexibility index (Phi) is 5.14. The van der Waals surface area contributed by atoms with Crippen molar-refractivity contribution in [1.82, 2.24) is 0 Å². The first-order valence-corrected chi connectivity index (χ1v) is 9.99. The summed E-state index contributed by atoms with van der Waals surface area (Å²) in [5, 5.41) is 13.1. The fourth-order valence-corrected chi connectivity index (χ4v) is 3.18. The van der Waals surface area contributed by atoms with Gasteiger partial charge in [-0.05, 0) is 23.8 Å². The van der Waals surface area contributed by atoms with Crippen LogP contribution >= 0.6 is 0 Å². The molecule has 0 fully saturated rings. The number of benzene rings is 3. The lowest BCUT2D eigenvalue weighted by Gasteiger charge is -2.15. The highest BCUT2D eigenvalue weighted by Gasteiger charge is 2.16. The third-order valence-corrected chi connectivity index (χ3v) is 4.39. The van der Waals surface area contributed by atoms with Gasteiger partial charge in [-0.2, -0.15) is 0 Å². The molecule has 0 saturated carbocycles. The molecular formula is C20H18N2O4S. The average Bonchev–Trinajstić information content (AvgIpc) is 2.64. The number of carbonyl (C=O) groups is 1. The van der Waals surface area contributed by atoms with E-state index in [1.54, 1.807) is 36.4 Å². The highest BCUT2D eigenvalue weighted by molar-refractivity contribution is 7.92. The molecule has 0 saturated heterocycles. The molecule has 0 aliphatic rings. The van der Waals surface area contributed by atoms with E-state index < -0.39 is 15.9 Å². The molecular weight excluding hydrogens is 364 g/mol. The largest absolute Gasteiger partial charge is 0.507 e. The predicted octanol–water partition coefficient (Wildman–Crippen LogP) is 3.68. The van der Waals surface area contributed by atoms with E-state index in [1.165, 1.54) is 6.07 Å². The number of rotatable bonds is 5. The van der Waals surface area contributed by atoms with E-state index in [-0.39, 0.29) is 17.1 Å². The van der Waals surface area contributed by atoms with Gasteiger partial charge >= 0.3 is 0 Å². The van der Waals surface area contributed by atoms with Crippen LogP contribution < -0.4 is 10.0 Å². The van der Waals surface area contributed by atoms with Crippen LogP contribution in [0.5, 0.6) is 5.75 Å². The van der Waals surface area contributed by atoms with Crippen LogP contribution in [0, 0.1) is 0 Å². The molecule has 0 spiro atoms. The van der Waals surface area contributed by atoms with Crippen LogP contribution in [0.2, 0.25) is 0 Å². The number of aromatic hydroxyl groups is 1. The molecule has 138 valence electrons. The predicted molar refractivity (Wildman–Crippen MR) is 106 cm³/mol. The number of phenols is 1. The summed E-state index contributed by atoms with van der Waals surface area (Å²) in [4.78, 5) is 12.5. The van der Waals surface area contributed by atoms with E-state index in [0.29, 0.717) is 11.1 Å². The van der Waals surface area contributed by atoms with Crippen molar-refractivity contribution < 1.29 is 18.3 Å².